The zero-order valence-electron chi connectivity index (χ0n) is 13.3. The van der Waals surface area contributed by atoms with Gasteiger partial charge in [0, 0.05) is 11.9 Å². The summed E-state index contributed by atoms with van der Waals surface area (Å²) in [7, 11) is 0. The average Bonchev–Trinajstić information content (AvgIpc) is 3.00. The number of carbonyl (C=O) groups excluding carboxylic acids is 1. The molecule has 2 aromatic rings. The van der Waals surface area contributed by atoms with Gasteiger partial charge in [0.05, 0.1) is 30.0 Å². The van der Waals surface area contributed by atoms with Gasteiger partial charge < -0.3 is 14.4 Å². The van der Waals surface area contributed by atoms with Crippen molar-refractivity contribution >= 4 is 17.2 Å². The highest BCUT2D eigenvalue weighted by molar-refractivity contribution is 7.09. The lowest BCUT2D eigenvalue weighted by Crippen LogP contribution is -2.45. The Hall–Kier alpha value is -1.92. The molecule has 1 unspecified atom stereocenters. The van der Waals surface area contributed by atoms with Crippen molar-refractivity contribution in [3.8, 4) is 5.75 Å². The van der Waals surface area contributed by atoms with Gasteiger partial charge in [0.1, 0.15) is 5.75 Å². The second-order valence-electron chi connectivity index (χ2n) is 5.52. The molecule has 1 aliphatic heterocycles. The summed E-state index contributed by atoms with van der Waals surface area (Å²) in [5, 5.41) is 2.99. The van der Waals surface area contributed by atoms with E-state index < -0.39 is 0 Å². The van der Waals surface area contributed by atoms with Crippen molar-refractivity contribution in [3.05, 3.63) is 45.9 Å². The molecule has 1 aromatic carbocycles. The molecule has 0 bridgehead atoms. The zero-order valence-corrected chi connectivity index (χ0v) is 14.1. The van der Waals surface area contributed by atoms with Crippen LogP contribution < -0.4 is 4.74 Å². The minimum Gasteiger partial charge on any atom is -0.484 e. The first-order chi connectivity index (χ1) is 11.1. The predicted octanol–water partition coefficient (Wildman–Crippen LogP) is 2.74. The Morgan fingerprint density at radius 1 is 1.43 bits per heavy atom. The molecule has 0 spiro atoms. The lowest BCUT2D eigenvalue weighted by atomic mass is 10.1. The number of hydrogen-bond donors (Lipinski definition) is 0. The molecule has 122 valence electrons. The van der Waals surface area contributed by atoms with E-state index in [0.29, 0.717) is 19.8 Å². The first kappa shape index (κ1) is 16.0. The molecule has 1 amide bonds. The number of rotatable bonds is 4. The molecule has 0 radical (unpaired) electrons. The van der Waals surface area contributed by atoms with Crippen molar-refractivity contribution in [2.45, 2.75) is 19.9 Å². The Morgan fingerprint density at radius 2 is 2.26 bits per heavy atom. The van der Waals surface area contributed by atoms with Crippen molar-refractivity contribution < 1.29 is 14.3 Å². The van der Waals surface area contributed by atoms with Crippen LogP contribution in [0.5, 0.6) is 5.75 Å². The Labute approximate surface area is 139 Å². The van der Waals surface area contributed by atoms with Gasteiger partial charge in [0.25, 0.3) is 5.91 Å². The van der Waals surface area contributed by atoms with Gasteiger partial charge in [-0.2, -0.15) is 0 Å². The fraction of sp³-hybridized carbons (Fsp3) is 0.412. The molecular formula is C17H20N2O3S. The van der Waals surface area contributed by atoms with Crippen LogP contribution in [0.15, 0.2) is 29.6 Å². The number of ether oxygens (including phenoxy) is 2. The van der Waals surface area contributed by atoms with Crippen LogP contribution in [-0.4, -0.2) is 42.2 Å². The summed E-state index contributed by atoms with van der Waals surface area (Å²) in [6, 6.07) is 7.58. The highest BCUT2D eigenvalue weighted by atomic mass is 32.1. The number of carbonyl (C=O) groups is 1. The quantitative estimate of drug-likeness (QED) is 0.864. The van der Waals surface area contributed by atoms with Gasteiger partial charge in [0.2, 0.25) is 0 Å². The molecule has 5 nitrogen and oxygen atoms in total. The minimum atomic E-state index is -0.123. The van der Waals surface area contributed by atoms with Crippen molar-refractivity contribution in [2.24, 2.45) is 0 Å². The monoisotopic (exact) mass is 332 g/mol. The Kier molecular flexibility index (Phi) is 4.93. The minimum absolute atomic E-state index is 0.0322. The summed E-state index contributed by atoms with van der Waals surface area (Å²) in [5.41, 5.74) is 1.92. The summed E-state index contributed by atoms with van der Waals surface area (Å²) in [5.74, 6) is 0.711. The van der Waals surface area contributed by atoms with E-state index in [1.54, 1.807) is 11.3 Å². The molecule has 1 atom stereocenters. The highest BCUT2D eigenvalue weighted by Gasteiger charge is 2.30. The van der Waals surface area contributed by atoms with Crippen LogP contribution >= 0.6 is 11.3 Å². The van der Waals surface area contributed by atoms with Crippen molar-refractivity contribution in [3.63, 3.8) is 0 Å². The van der Waals surface area contributed by atoms with E-state index in [-0.39, 0.29) is 18.6 Å². The largest absolute Gasteiger partial charge is 0.484 e. The summed E-state index contributed by atoms with van der Waals surface area (Å²) in [6.45, 7) is 5.57. The number of nitrogens with zero attached hydrogens (tertiary/aromatic N) is 2. The smallest absolute Gasteiger partial charge is 0.261 e. The molecule has 0 saturated carbocycles. The van der Waals surface area contributed by atoms with Gasteiger partial charge in [-0.15, -0.1) is 11.3 Å². The van der Waals surface area contributed by atoms with Crippen LogP contribution in [0.25, 0.3) is 0 Å². The molecule has 1 aromatic heterocycles. The second-order valence-corrected chi connectivity index (χ2v) is 6.59. The third kappa shape index (κ3) is 3.71. The predicted molar refractivity (Wildman–Crippen MR) is 88.8 cm³/mol. The van der Waals surface area contributed by atoms with E-state index >= 15 is 0 Å². The van der Waals surface area contributed by atoms with Gasteiger partial charge in [-0.25, -0.2) is 4.98 Å². The van der Waals surface area contributed by atoms with Crippen LogP contribution in [0.4, 0.5) is 0 Å². The lowest BCUT2D eigenvalue weighted by molar-refractivity contribution is -0.142. The Balaban J connectivity index is 1.68. The van der Waals surface area contributed by atoms with Gasteiger partial charge in [-0.3, -0.25) is 4.79 Å². The number of para-hydroxylation sites is 1. The van der Waals surface area contributed by atoms with Crippen LogP contribution in [0.1, 0.15) is 22.3 Å². The number of benzene rings is 1. The Bertz CT molecular complexity index is 686. The standard InChI is InChI=1S/C17H20N2O3S/c1-12-5-3-4-6-16(12)22-10-17(20)19-7-8-21-9-15(19)14-11-23-13(2)18-14/h3-6,11,15H,7-10H2,1-2H3. The maximum absolute atomic E-state index is 12.6. The summed E-state index contributed by atoms with van der Waals surface area (Å²) in [4.78, 5) is 18.9. The zero-order chi connectivity index (χ0) is 16.2. The third-order valence-electron chi connectivity index (χ3n) is 3.87. The molecule has 1 saturated heterocycles. The topological polar surface area (TPSA) is 51.7 Å². The fourth-order valence-electron chi connectivity index (χ4n) is 2.62. The molecule has 1 fully saturated rings. The number of amides is 1. The van der Waals surface area contributed by atoms with Crippen LogP contribution in [0.2, 0.25) is 0 Å². The number of hydrogen-bond acceptors (Lipinski definition) is 5. The van der Waals surface area contributed by atoms with E-state index in [0.717, 1.165) is 22.0 Å². The number of aryl methyl sites for hydroxylation is 2. The van der Waals surface area contributed by atoms with Crippen LogP contribution in [-0.2, 0) is 9.53 Å². The summed E-state index contributed by atoms with van der Waals surface area (Å²) in [6.07, 6.45) is 0. The second kappa shape index (κ2) is 7.10. The summed E-state index contributed by atoms with van der Waals surface area (Å²) < 4.78 is 11.2. The molecular weight excluding hydrogens is 312 g/mol. The van der Waals surface area contributed by atoms with Crippen molar-refractivity contribution in [2.75, 3.05) is 26.4 Å². The third-order valence-corrected chi connectivity index (χ3v) is 4.66. The first-order valence-corrected chi connectivity index (χ1v) is 8.51. The summed E-state index contributed by atoms with van der Waals surface area (Å²) >= 11 is 1.59. The van der Waals surface area contributed by atoms with E-state index in [4.69, 9.17) is 9.47 Å². The molecule has 1 aliphatic rings. The number of aromatic nitrogens is 1. The SMILES string of the molecule is Cc1nc(C2COCCN2C(=O)COc2ccccc2C)cs1. The van der Waals surface area contributed by atoms with Crippen LogP contribution in [0, 0.1) is 13.8 Å². The molecule has 6 heteroatoms. The lowest BCUT2D eigenvalue weighted by Gasteiger charge is -2.34. The van der Waals surface area contributed by atoms with E-state index in [2.05, 4.69) is 4.98 Å². The Morgan fingerprint density at radius 3 is 3.00 bits per heavy atom. The average molecular weight is 332 g/mol. The maximum Gasteiger partial charge on any atom is 0.261 e. The van der Waals surface area contributed by atoms with E-state index in [1.807, 2.05) is 48.4 Å². The van der Waals surface area contributed by atoms with Gasteiger partial charge in [0.15, 0.2) is 6.61 Å². The first-order valence-electron chi connectivity index (χ1n) is 7.63. The fourth-order valence-corrected chi connectivity index (χ4v) is 3.28. The van der Waals surface area contributed by atoms with Crippen molar-refractivity contribution in [1.29, 1.82) is 0 Å². The molecule has 0 N–H and O–H groups in total. The highest BCUT2D eigenvalue weighted by Crippen LogP contribution is 2.26. The maximum atomic E-state index is 12.6. The van der Waals surface area contributed by atoms with Gasteiger partial charge in [-0.05, 0) is 25.5 Å². The van der Waals surface area contributed by atoms with E-state index in [1.165, 1.54) is 0 Å². The molecule has 23 heavy (non-hydrogen) atoms. The molecule has 2 heterocycles. The van der Waals surface area contributed by atoms with E-state index in [9.17, 15) is 4.79 Å². The van der Waals surface area contributed by atoms with Gasteiger partial charge >= 0.3 is 0 Å². The molecule has 0 aliphatic carbocycles. The van der Waals surface area contributed by atoms with Crippen LogP contribution in [0.3, 0.4) is 0 Å². The molecule has 3 rings (SSSR count). The number of thiazole rings is 1. The van der Waals surface area contributed by atoms with Crippen molar-refractivity contribution in [1.82, 2.24) is 9.88 Å². The normalized spacial score (nSPS) is 18.0. The van der Waals surface area contributed by atoms with Gasteiger partial charge in [-0.1, -0.05) is 18.2 Å². The number of morpholine rings is 1.